The van der Waals surface area contributed by atoms with Crippen molar-refractivity contribution >= 4 is 0 Å². The van der Waals surface area contributed by atoms with Gasteiger partial charge in [0.1, 0.15) is 5.82 Å². The molecule has 0 aliphatic heterocycles. The van der Waals surface area contributed by atoms with Crippen LogP contribution in [-0.4, -0.2) is 0 Å². The molecule has 122 valence electrons. The first-order valence-electron chi connectivity index (χ1n) is 8.61. The average Bonchev–Trinajstić information content (AvgIpc) is 2.76. The fraction of sp³-hybridized carbons (Fsp3) is 0.684. The zero-order valence-corrected chi connectivity index (χ0v) is 13.5. The Morgan fingerprint density at radius 3 is 2.45 bits per heavy atom. The van der Waals surface area contributed by atoms with E-state index in [1.165, 1.54) is 12.8 Å². The van der Waals surface area contributed by atoms with E-state index in [1.54, 1.807) is 19.1 Å². The van der Waals surface area contributed by atoms with Crippen LogP contribution in [0, 0.1) is 30.5 Å². The van der Waals surface area contributed by atoms with Gasteiger partial charge in [-0.05, 0) is 49.1 Å². The van der Waals surface area contributed by atoms with Crippen molar-refractivity contribution < 1.29 is 13.2 Å². The van der Waals surface area contributed by atoms with Gasteiger partial charge in [0.15, 0.2) is 0 Å². The summed E-state index contributed by atoms with van der Waals surface area (Å²) < 4.78 is 43.9. The van der Waals surface area contributed by atoms with Crippen molar-refractivity contribution in [2.75, 3.05) is 0 Å². The third-order valence-electron chi connectivity index (χ3n) is 5.82. The van der Waals surface area contributed by atoms with Crippen LogP contribution in [0.1, 0.15) is 62.1 Å². The summed E-state index contributed by atoms with van der Waals surface area (Å²) in [5.41, 5.74) is 0.535. The van der Waals surface area contributed by atoms with Crippen LogP contribution in [0.2, 0.25) is 0 Å². The molecule has 1 fully saturated rings. The first kappa shape index (κ1) is 15.9. The van der Waals surface area contributed by atoms with Crippen molar-refractivity contribution in [3.8, 4) is 0 Å². The maximum absolute atomic E-state index is 14.8. The molecule has 0 N–H and O–H groups in total. The Morgan fingerprint density at radius 2 is 1.82 bits per heavy atom. The highest BCUT2D eigenvalue weighted by Gasteiger charge is 2.53. The van der Waals surface area contributed by atoms with Gasteiger partial charge in [-0.1, -0.05) is 44.7 Å². The van der Waals surface area contributed by atoms with Crippen molar-refractivity contribution in [2.45, 2.75) is 64.7 Å². The van der Waals surface area contributed by atoms with Crippen molar-refractivity contribution in [3.63, 3.8) is 0 Å². The fourth-order valence-electron chi connectivity index (χ4n) is 4.55. The van der Waals surface area contributed by atoms with Crippen LogP contribution in [0.5, 0.6) is 0 Å². The van der Waals surface area contributed by atoms with Gasteiger partial charge in [0, 0.05) is 5.92 Å². The van der Waals surface area contributed by atoms with E-state index < -0.39 is 17.7 Å². The third-order valence-corrected chi connectivity index (χ3v) is 5.82. The van der Waals surface area contributed by atoms with Crippen molar-refractivity contribution in [3.05, 3.63) is 34.6 Å². The number of hydrogen-bond donors (Lipinski definition) is 0. The third kappa shape index (κ3) is 2.57. The minimum Gasteiger partial charge on any atom is -0.206 e. The fourth-order valence-corrected chi connectivity index (χ4v) is 4.55. The molecule has 0 nitrogen and oxygen atoms in total. The molecule has 3 rings (SSSR count). The predicted molar refractivity (Wildman–Crippen MR) is 82.6 cm³/mol. The van der Waals surface area contributed by atoms with Gasteiger partial charge in [0.25, 0.3) is 5.92 Å². The molecule has 1 unspecified atom stereocenters. The molecule has 1 atom stereocenters. The van der Waals surface area contributed by atoms with Crippen LogP contribution < -0.4 is 0 Å². The summed E-state index contributed by atoms with van der Waals surface area (Å²) in [6.45, 7) is 3.74. The van der Waals surface area contributed by atoms with Gasteiger partial charge in [-0.2, -0.15) is 0 Å². The standard InChI is InChI=1S/C19H25F3/c1-3-4-13-6-9-14(10-7-13)16-11-15-8-5-12(2)18(20)17(15)19(16,21)22/h5,8,13-14,16H,3-4,6-7,9-11H2,1-2H3. The highest BCUT2D eigenvalue weighted by molar-refractivity contribution is 5.41. The molecular weight excluding hydrogens is 285 g/mol. The molecule has 2 aliphatic carbocycles. The van der Waals surface area contributed by atoms with Gasteiger partial charge in [-0.3, -0.25) is 0 Å². The Balaban J connectivity index is 1.79. The summed E-state index contributed by atoms with van der Waals surface area (Å²) in [4.78, 5) is 0. The van der Waals surface area contributed by atoms with Gasteiger partial charge in [-0.25, -0.2) is 13.2 Å². The van der Waals surface area contributed by atoms with E-state index in [2.05, 4.69) is 6.92 Å². The molecule has 0 aromatic heterocycles. The van der Waals surface area contributed by atoms with Crippen molar-refractivity contribution in [1.82, 2.24) is 0 Å². The average molecular weight is 310 g/mol. The zero-order chi connectivity index (χ0) is 15.9. The zero-order valence-electron chi connectivity index (χ0n) is 13.5. The van der Waals surface area contributed by atoms with Crippen LogP contribution in [0.4, 0.5) is 13.2 Å². The normalized spacial score (nSPS) is 30.3. The smallest absolute Gasteiger partial charge is 0.206 e. The highest BCUT2D eigenvalue weighted by Crippen LogP contribution is 2.53. The molecule has 0 amide bonds. The minimum absolute atomic E-state index is 0.0372. The number of rotatable bonds is 3. The maximum atomic E-state index is 14.8. The summed E-state index contributed by atoms with van der Waals surface area (Å²) in [5, 5.41) is 0. The molecule has 22 heavy (non-hydrogen) atoms. The van der Waals surface area contributed by atoms with Crippen LogP contribution in [0.15, 0.2) is 12.1 Å². The van der Waals surface area contributed by atoms with Gasteiger partial charge >= 0.3 is 0 Å². The van der Waals surface area contributed by atoms with Crippen LogP contribution in [-0.2, 0) is 12.3 Å². The molecule has 1 aromatic rings. The molecule has 0 radical (unpaired) electrons. The monoisotopic (exact) mass is 310 g/mol. The maximum Gasteiger partial charge on any atom is 0.279 e. The number of alkyl halides is 2. The van der Waals surface area contributed by atoms with E-state index in [-0.39, 0.29) is 11.5 Å². The molecule has 1 saturated carbocycles. The molecule has 0 saturated heterocycles. The Bertz CT molecular complexity index is 542. The van der Waals surface area contributed by atoms with Gasteiger partial charge in [0.2, 0.25) is 0 Å². The molecule has 0 bridgehead atoms. The lowest BCUT2D eigenvalue weighted by molar-refractivity contribution is -0.0840. The summed E-state index contributed by atoms with van der Waals surface area (Å²) in [5.74, 6) is -3.66. The van der Waals surface area contributed by atoms with E-state index in [9.17, 15) is 13.2 Å². The number of halogens is 3. The SMILES string of the molecule is CCCC1CCC(C2Cc3ccc(C)c(F)c3C2(F)F)CC1. The number of benzene rings is 1. The quantitative estimate of drug-likeness (QED) is 0.642. The molecule has 2 aliphatic rings. The molecule has 0 heterocycles. The molecule has 0 spiro atoms. The summed E-state index contributed by atoms with van der Waals surface area (Å²) in [7, 11) is 0. The second-order valence-corrected chi connectivity index (χ2v) is 7.23. The number of fused-ring (bicyclic) bond motifs is 1. The summed E-state index contributed by atoms with van der Waals surface area (Å²) in [6, 6.07) is 3.33. The Labute approximate surface area is 131 Å². The lowest BCUT2D eigenvalue weighted by Gasteiger charge is -2.34. The van der Waals surface area contributed by atoms with E-state index in [0.29, 0.717) is 23.5 Å². The van der Waals surface area contributed by atoms with Crippen molar-refractivity contribution in [1.29, 1.82) is 0 Å². The van der Waals surface area contributed by atoms with E-state index in [4.69, 9.17) is 0 Å². The van der Waals surface area contributed by atoms with Crippen LogP contribution in [0.25, 0.3) is 0 Å². The van der Waals surface area contributed by atoms with Crippen LogP contribution >= 0.6 is 0 Å². The van der Waals surface area contributed by atoms with Crippen molar-refractivity contribution in [2.24, 2.45) is 17.8 Å². The first-order chi connectivity index (χ1) is 10.4. The molecular formula is C19H25F3. The van der Waals surface area contributed by atoms with E-state index >= 15 is 0 Å². The highest BCUT2D eigenvalue weighted by atomic mass is 19.3. The second kappa shape index (κ2) is 5.90. The lowest BCUT2D eigenvalue weighted by Crippen LogP contribution is -2.31. The number of aryl methyl sites for hydroxylation is 1. The van der Waals surface area contributed by atoms with E-state index in [0.717, 1.165) is 25.7 Å². The van der Waals surface area contributed by atoms with Gasteiger partial charge < -0.3 is 0 Å². The summed E-state index contributed by atoms with van der Waals surface area (Å²) >= 11 is 0. The van der Waals surface area contributed by atoms with E-state index in [1.807, 2.05) is 0 Å². The number of hydrogen-bond acceptors (Lipinski definition) is 0. The molecule has 3 heteroatoms. The minimum atomic E-state index is -3.01. The Morgan fingerprint density at radius 1 is 1.14 bits per heavy atom. The largest absolute Gasteiger partial charge is 0.279 e. The predicted octanol–water partition coefficient (Wildman–Crippen LogP) is 6.00. The summed E-state index contributed by atoms with van der Waals surface area (Å²) in [6.07, 6.45) is 6.58. The first-order valence-corrected chi connectivity index (χ1v) is 8.61. The van der Waals surface area contributed by atoms with Gasteiger partial charge in [-0.15, -0.1) is 0 Å². The van der Waals surface area contributed by atoms with Gasteiger partial charge in [0.05, 0.1) is 5.56 Å². The van der Waals surface area contributed by atoms with Crippen LogP contribution in [0.3, 0.4) is 0 Å². The molecule has 1 aromatic carbocycles. The second-order valence-electron chi connectivity index (χ2n) is 7.23. The topological polar surface area (TPSA) is 0 Å². The Kier molecular flexibility index (Phi) is 4.26. The lowest BCUT2D eigenvalue weighted by atomic mass is 9.73. The Hall–Kier alpha value is -0.990.